The van der Waals surface area contributed by atoms with Crippen molar-refractivity contribution in [2.75, 3.05) is 6.54 Å². The van der Waals surface area contributed by atoms with Crippen LogP contribution >= 0.6 is 31.9 Å². The number of hydrogen-bond donors (Lipinski definition) is 2. The Bertz CT molecular complexity index is 665. The van der Waals surface area contributed by atoms with Crippen molar-refractivity contribution in [1.29, 1.82) is 0 Å². The lowest BCUT2D eigenvalue weighted by atomic mass is 10.3. The Balaban J connectivity index is 0.000000224. The number of nitrogens with one attached hydrogen (secondary N) is 1. The smallest absolute Gasteiger partial charge is 0.354 e. The summed E-state index contributed by atoms with van der Waals surface area (Å²) in [5.41, 5.74) is 0.487. The zero-order valence-corrected chi connectivity index (χ0v) is 14.8. The molecule has 0 saturated carbocycles. The molecule has 0 bridgehead atoms. The molecule has 0 saturated heterocycles. The molecule has 1 amide bonds. The van der Waals surface area contributed by atoms with Crippen LogP contribution in [0.5, 0.6) is 0 Å². The summed E-state index contributed by atoms with van der Waals surface area (Å²) in [4.78, 5) is 29.2. The SMILES string of the molecule is CCNC(=O)c1cccc(Br)n1.O=C(O)c1cccc(Br)n1. The summed E-state index contributed by atoms with van der Waals surface area (Å²) < 4.78 is 1.21. The molecule has 2 aromatic rings. The Morgan fingerprint density at radius 3 is 1.95 bits per heavy atom. The van der Waals surface area contributed by atoms with Gasteiger partial charge in [-0.3, -0.25) is 4.79 Å². The van der Waals surface area contributed by atoms with Gasteiger partial charge in [0, 0.05) is 6.54 Å². The molecule has 0 unspecified atom stereocenters. The van der Waals surface area contributed by atoms with E-state index in [-0.39, 0.29) is 11.6 Å². The molecule has 8 heteroatoms. The van der Waals surface area contributed by atoms with Crippen molar-refractivity contribution in [1.82, 2.24) is 15.3 Å². The lowest BCUT2D eigenvalue weighted by Gasteiger charge is -2.00. The van der Waals surface area contributed by atoms with Crippen LogP contribution in [0.25, 0.3) is 0 Å². The van der Waals surface area contributed by atoms with Crippen molar-refractivity contribution in [2.24, 2.45) is 0 Å². The maximum absolute atomic E-state index is 11.2. The number of carbonyl (C=O) groups excluding carboxylic acids is 1. The van der Waals surface area contributed by atoms with Gasteiger partial charge in [-0.2, -0.15) is 0 Å². The first-order valence-corrected chi connectivity index (χ1v) is 7.79. The molecule has 0 aromatic carbocycles. The second-order valence-electron chi connectivity index (χ2n) is 3.86. The number of carboxylic acids is 1. The summed E-state index contributed by atoms with van der Waals surface area (Å²) in [5.74, 6) is -1.15. The molecule has 0 fully saturated rings. The molecule has 2 N–H and O–H groups in total. The highest BCUT2D eigenvalue weighted by Gasteiger charge is 2.04. The normalized spacial score (nSPS) is 9.41. The number of rotatable bonds is 3. The molecule has 2 rings (SSSR count). The second kappa shape index (κ2) is 9.26. The van der Waals surface area contributed by atoms with E-state index in [1.165, 1.54) is 6.07 Å². The number of hydrogen-bond acceptors (Lipinski definition) is 4. The lowest BCUT2D eigenvalue weighted by molar-refractivity contribution is 0.0690. The molecule has 0 atom stereocenters. The molecule has 22 heavy (non-hydrogen) atoms. The summed E-state index contributed by atoms with van der Waals surface area (Å²) in [5, 5.41) is 11.1. The van der Waals surface area contributed by atoms with Crippen LogP contribution in [0.15, 0.2) is 45.6 Å². The molecule has 0 radical (unpaired) electrons. The zero-order chi connectivity index (χ0) is 16.5. The Kier molecular flexibility index (Phi) is 7.69. The fraction of sp³-hybridized carbons (Fsp3) is 0.143. The van der Waals surface area contributed by atoms with Crippen molar-refractivity contribution >= 4 is 43.7 Å². The average molecular weight is 431 g/mol. The molecule has 6 nitrogen and oxygen atoms in total. The Morgan fingerprint density at radius 1 is 1.05 bits per heavy atom. The molecule has 0 aliphatic carbocycles. The van der Waals surface area contributed by atoms with E-state index in [1.807, 2.05) is 6.92 Å². The van der Waals surface area contributed by atoms with Crippen LogP contribution < -0.4 is 5.32 Å². The monoisotopic (exact) mass is 429 g/mol. The minimum Gasteiger partial charge on any atom is -0.477 e. The van der Waals surface area contributed by atoms with Gasteiger partial charge in [0.05, 0.1) is 0 Å². The van der Waals surface area contributed by atoms with Gasteiger partial charge in [0.25, 0.3) is 5.91 Å². The number of aromatic nitrogens is 2. The highest BCUT2D eigenvalue weighted by atomic mass is 79.9. The highest BCUT2D eigenvalue weighted by molar-refractivity contribution is 9.10. The second-order valence-corrected chi connectivity index (χ2v) is 5.48. The summed E-state index contributed by atoms with van der Waals surface area (Å²) in [6, 6.07) is 9.97. The van der Waals surface area contributed by atoms with E-state index in [1.54, 1.807) is 30.3 Å². The first-order valence-electron chi connectivity index (χ1n) is 6.20. The van der Waals surface area contributed by atoms with E-state index >= 15 is 0 Å². The molecular formula is C14H13Br2N3O3. The Hall–Kier alpha value is -1.80. The van der Waals surface area contributed by atoms with Crippen LogP contribution in [0.2, 0.25) is 0 Å². The third kappa shape index (κ3) is 6.31. The topological polar surface area (TPSA) is 92.2 Å². The fourth-order valence-corrected chi connectivity index (χ4v) is 2.00. The van der Waals surface area contributed by atoms with Crippen LogP contribution in [0, 0.1) is 0 Å². The third-order valence-corrected chi connectivity index (χ3v) is 3.10. The molecule has 0 aliphatic rings. The molecule has 0 aliphatic heterocycles. The van der Waals surface area contributed by atoms with Gasteiger partial charge in [0.15, 0.2) is 0 Å². The Labute approximate surface area is 144 Å². The summed E-state index contributed by atoms with van der Waals surface area (Å²) in [7, 11) is 0. The molecule has 116 valence electrons. The predicted octanol–water partition coefficient (Wildman–Crippen LogP) is 3.14. The predicted molar refractivity (Wildman–Crippen MR) is 88.8 cm³/mol. The number of carbonyl (C=O) groups is 2. The van der Waals surface area contributed by atoms with Crippen molar-refractivity contribution in [3.63, 3.8) is 0 Å². The van der Waals surface area contributed by atoms with Gasteiger partial charge in [0.1, 0.15) is 20.6 Å². The first-order chi connectivity index (χ1) is 10.4. The van der Waals surface area contributed by atoms with Gasteiger partial charge in [0.2, 0.25) is 0 Å². The van der Waals surface area contributed by atoms with E-state index in [0.29, 0.717) is 21.4 Å². The molecular weight excluding hydrogens is 418 g/mol. The quantitative estimate of drug-likeness (QED) is 0.729. The lowest BCUT2D eigenvalue weighted by Crippen LogP contribution is -2.23. The first kappa shape index (κ1) is 18.2. The Morgan fingerprint density at radius 2 is 1.55 bits per heavy atom. The van der Waals surface area contributed by atoms with Crippen LogP contribution in [-0.4, -0.2) is 33.5 Å². The van der Waals surface area contributed by atoms with Crippen molar-refractivity contribution in [3.8, 4) is 0 Å². The van der Waals surface area contributed by atoms with Gasteiger partial charge >= 0.3 is 5.97 Å². The van der Waals surface area contributed by atoms with E-state index in [9.17, 15) is 9.59 Å². The molecule has 2 heterocycles. The summed E-state index contributed by atoms with van der Waals surface area (Å²) in [6.07, 6.45) is 0. The van der Waals surface area contributed by atoms with Crippen molar-refractivity contribution in [2.45, 2.75) is 6.92 Å². The number of carboxylic acid groups (broad SMARTS) is 1. The van der Waals surface area contributed by atoms with Gasteiger partial charge in [-0.15, -0.1) is 0 Å². The number of pyridine rings is 2. The average Bonchev–Trinajstić information content (AvgIpc) is 2.48. The largest absolute Gasteiger partial charge is 0.477 e. The summed E-state index contributed by atoms with van der Waals surface area (Å²) in [6.45, 7) is 2.49. The molecule has 2 aromatic heterocycles. The van der Waals surface area contributed by atoms with Crippen LogP contribution in [0.4, 0.5) is 0 Å². The van der Waals surface area contributed by atoms with Gasteiger partial charge in [-0.05, 0) is 63.0 Å². The minimum absolute atomic E-state index is 0.0503. The number of amides is 1. The number of nitrogens with zero attached hydrogens (tertiary/aromatic N) is 2. The standard InChI is InChI=1S/C8H9BrN2O.C6H4BrNO2/c1-2-10-8(12)6-4-3-5-7(9)11-6;7-5-3-1-2-4(8-5)6(9)10/h3-5H,2H2,1H3,(H,10,12);1-3H,(H,9,10). The third-order valence-electron chi connectivity index (χ3n) is 2.22. The van der Waals surface area contributed by atoms with E-state index < -0.39 is 5.97 Å². The van der Waals surface area contributed by atoms with Crippen LogP contribution in [-0.2, 0) is 0 Å². The van der Waals surface area contributed by atoms with E-state index in [0.717, 1.165) is 0 Å². The van der Waals surface area contributed by atoms with Crippen LogP contribution in [0.1, 0.15) is 27.9 Å². The van der Waals surface area contributed by atoms with Crippen molar-refractivity contribution in [3.05, 3.63) is 57.0 Å². The van der Waals surface area contributed by atoms with Gasteiger partial charge < -0.3 is 10.4 Å². The van der Waals surface area contributed by atoms with Gasteiger partial charge in [-0.1, -0.05) is 12.1 Å². The summed E-state index contributed by atoms with van der Waals surface area (Å²) >= 11 is 6.25. The number of aromatic carboxylic acids is 1. The molecule has 0 spiro atoms. The van der Waals surface area contributed by atoms with E-state index in [4.69, 9.17) is 5.11 Å². The minimum atomic E-state index is -1.01. The fourth-order valence-electron chi connectivity index (χ4n) is 1.31. The van der Waals surface area contributed by atoms with Crippen LogP contribution in [0.3, 0.4) is 0 Å². The van der Waals surface area contributed by atoms with Crippen molar-refractivity contribution < 1.29 is 14.7 Å². The van der Waals surface area contributed by atoms with Gasteiger partial charge in [-0.25, -0.2) is 14.8 Å². The zero-order valence-electron chi connectivity index (χ0n) is 11.6. The van der Waals surface area contributed by atoms with E-state index in [2.05, 4.69) is 47.1 Å². The maximum Gasteiger partial charge on any atom is 0.354 e. The number of halogens is 2. The maximum atomic E-state index is 11.2. The highest BCUT2D eigenvalue weighted by Crippen LogP contribution is 2.06.